The predicted molar refractivity (Wildman–Crippen MR) is 74.2 cm³/mol. The van der Waals surface area contributed by atoms with Crippen LogP contribution in [0.4, 0.5) is 5.82 Å². The number of aliphatic hydroxyl groups is 3. The molecule has 0 bridgehead atoms. The summed E-state index contributed by atoms with van der Waals surface area (Å²) in [7, 11) is 0. The van der Waals surface area contributed by atoms with Gasteiger partial charge >= 0.3 is 0 Å². The van der Waals surface area contributed by atoms with Gasteiger partial charge in [-0.1, -0.05) is 0 Å². The molecule has 0 aliphatic carbocycles. The molecule has 0 amide bonds. The number of rotatable bonds is 2. The molecule has 5 N–H and O–H groups in total. The fourth-order valence-corrected chi connectivity index (χ4v) is 2.83. The van der Waals surface area contributed by atoms with Crippen LogP contribution in [0.2, 0.25) is 0 Å². The van der Waals surface area contributed by atoms with Crippen molar-refractivity contribution in [2.75, 3.05) is 12.3 Å². The van der Waals surface area contributed by atoms with Crippen molar-refractivity contribution < 1.29 is 20.1 Å². The molecule has 0 spiro atoms. The average molecular weight is 294 g/mol. The number of hydrogen-bond acceptors (Lipinski definition) is 7. The molecule has 1 saturated heterocycles. The number of nitrogens with zero attached hydrogens (tertiary/aromatic N) is 3. The average Bonchev–Trinajstić information content (AvgIpc) is 2.94. The van der Waals surface area contributed by atoms with Gasteiger partial charge in [-0.2, -0.15) is 0 Å². The summed E-state index contributed by atoms with van der Waals surface area (Å²) >= 11 is 0. The Balaban J connectivity index is 2.13. The first-order chi connectivity index (χ1) is 9.81. The molecule has 0 radical (unpaired) electrons. The summed E-state index contributed by atoms with van der Waals surface area (Å²) in [5.74, 6) is 0.321. The summed E-state index contributed by atoms with van der Waals surface area (Å²) < 4.78 is 7.31. The van der Waals surface area contributed by atoms with Crippen molar-refractivity contribution in [2.24, 2.45) is 0 Å². The number of ether oxygens (including phenoxy) is 1. The molecule has 3 heterocycles. The smallest absolute Gasteiger partial charge is 0.167 e. The van der Waals surface area contributed by atoms with Crippen LogP contribution in [-0.4, -0.2) is 53.8 Å². The van der Waals surface area contributed by atoms with E-state index in [1.54, 1.807) is 23.8 Å². The van der Waals surface area contributed by atoms with E-state index in [4.69, 9.17) is 10.5 Å². The molecule has 8 heteroatoms. The SMILES string of the molecule is C[C@]1(O)[C@H](n2ccc3c(N)ncnc32)O[C@](C)(CO)[C@H]1O. The molecule has 2 aromatic heterocycles. The summed E-state index contributed by atoms with van der Waals surface area (Å²) in [5.41, 5.74) is 3.42. The van der Waals surface area contributed by atoms with Crippen molar-refractivity contribution >= 4 is 16.9 Å². The number of fused-ring (bicyclic) bond motifs is 1. The van der Waals surface area contributed by atoms with Crippen LogP contribution in [0.1, 0.15) is 20.1 Å². The third-order valence-electron chi connectivity index (χ3n) is 4.12. The van der Waals surface area contributed by atoms with Crippen molar-refractivity contribution in [3.63, 3.8) is 0 Å². The maximum atomic E-state index is 10.6. The minimum Gasteiger partial charge on any atom is -0.393 e. The van der Waals surface area contributed by atoms with Crippen molar-refractivity contribution in [3.8, 4) is 0 Å². The predicted octanol–water partition coefficient (Wildman–Crippen LogP) is -0.595. The van der Waals surface area contributed by atoms with Gasteiger partial charge in [0.25, 0.3) is 0 Å². The first-order valence-corrected chi connectivity index (χ1v) is 6.57. The van der Waals surface area contributed by atoms with E-state index in [-0.39, 0.29) is 0 Å². The molecule has 114 valence electrons. The number of anilines is 1. The molecule has 1 aliphatic heterocycles. The highest BCUT2D eigenvalue weighted by molar-refractivity contribution is 5.86. The summed E-state index contributed by atoms with van der Waals surface area (Å²) in [6, 6.07) is 1.71. The lowest BCUT2D eigenvalue weighted by Crippen LogP contribution is -2.49. The van der Waals surface area contributed by atoms with Gasteiger partial charge in [0.1, 0.15) is 35.1 Å². The van der Waals surface area contributed by atoms with Crippen molar-refractivity contribution in [3.05, 3.63) is 18.6 Å². The molecular formula is C13H18N4O4. The molecule has 2 aromatic rings. The molecule has 8 nitrogen and oxygen atoms in total. The Labute approximate surface area is 120 Å². The van der Waals surface area contributed by atoms with Crippen LogP contribution >= 0.6 is 0 Å². The molecule has 3 rings (SSSR count). The second kappa shape index (κ2) is 4.38. The van der Waals surface area contributed by atoms with Crippen LogP contribution < -0.4 is 5.73 Å². The standard InChI is InChI=1S/C13H18N4O4/c1-12(5-18)10(19)13(2,20)11(21-12)17-4-3-7-8(14)15-6-16-9(7)17/h3-4,6,10-11,18-20H,5H2,1-2H3,(H2,14,15,16)/t10-,11-,12-,13-/m1/s1. The van der Waals surface area contributed by atoms with Gasteiger partial charge in [0, 0.05) is 6.20 Å². The third kappa shape index (κ3) is 1.84. The van der Waals surface area contributed by atoms with E-state index in [2.05, 4.69) is 9.97 Å². The van der Waals surface area contributed by atoms with E-state index in [0.717, 1.165) is 0 Å². The Morgan fingerprint density at radius 3 is 2.76 bits per heavy atom. The second-order valence-electron chi connectivity index (χ2n) is 5.79. The van der Waals surface area contributed by atoms with Gasteiger partial charge < -0.3 is 30.4 Å². The van der Waals surface area contributed by atoms with E-state index >= 15 is 0 Å². The normalized spacial score (nSPS) is 36.4. The lowest BCUT2D eigenvalue weighted by Gasteiger charge is -2.28. The van der Waals surface area contributed by atoms with Crippen LogP contribution in [0.3, 0.4) is 0 Å². The summed E-state index contributed by atoms with van der Waals surface area (Å²) in [6.45, 7) is 2.58. The highest BCUT2D eigenvalue weighted by Crippen LogP contribution is 2.45. The van der Waals surface area contributed by atoms with Gasteiger partial charge in [0.05, 0.1) is 12.0 Å². The largest absolute Gasteiger partial charge is 0.393 e. The molecule has 0 saturated carbocycles. The van der Waals surface area contributed by atoms with Crippen LogP contribution in [0.25, 0.3) is 11.0 Å². The monoisotopic (exact) mass is 294 g/mol. The summed E-state index contributed by atoms with van der Waals surface area (Å²) in [6.07, 6.45) is 0.817. The lowest BCUT2D eigenvalue weighted by atomic mass is 9.89. The maximum Gasteiger partial charge on any atom is 0.167 e. The number of nitrogen functional groups attached to an aromatic ring is 1. The maximum absolute atomic E-state index is 10.6. The van der Waals surface area contributed by atoms with E-state index in [9.17, 15) is 15.3 Å². The zero-order chi connectivity index (χ0) is 15.4. The van der Waals surface area contributed by atoms with Gasteiger partial charge in [-0.3, -0.25) is 0 Å². The van der Waals surface area contributed by atoms with Crippen LogP contribution in [0, 0.1) is 0 Å². The lowest BCUT2D eigenvalue weighted by molar-refractivity contribution is -0.119. The molecular weight excluding hydrogens is 276 g/mol. The first-order valence-electron chi connectivity index (χ1n) is 6.57. The van der Waals surface area contributed by atoms with Gasteiger partial charge in [0.15, 0.2) is 6.23 Å². The molecule has 1 aliphatic rings. The summed E-state index contributed by atoms with van der Waals surface area (Å²) in [4.78, 5) is 8.05. The molecule has 0 aromatic carbocycles. The van der Waals surface area contributed by atoms with E-state index in [0.29, 0.717) is 16.9 Å². The van der Waals surface area contributed by atoms with Gasteiger partial charge in [-0.05, 0) is 19.9 Å². The van der Waals surface area contributed by atoms with E-state index in [1.807, 2.05) is 0 Å². The second-order valence-corrected chi connectivity index (χ2v) is 5.79. The Kier molecular flexibility index (Phi) is 2.96. The number of nitrogens with two attached hydrogens (primary N) is 1. The van der Waals surface area contributed by atoms with Crippen molar-refractivity contribution in [1.29, 1.82) is 0 Å². The minimum atomic E-state index is -1.59. The zero-order valence-corrected chi connectivity index (χ0v) is 11.8. The topological polar surface area (TPSA) is 127 Å². The van der Waals surface area contributed by atoms with E-state index in [1.165, 1.54) is 13.3 Å². The zero-order valence-electron chi connectivity index (χ0n) is 11.8. The van der Waals surface area contributed by atoms with E-state index < -0.39 is 30.1 Å². The van der Waals surface area contributed by atoms with Crippen LogP contribution in [0.5, 0.6) is 0 Å². The fourth-order valence-electron chi connectivity index (χ4n) is 2.83. The molecule has 4 atom stereocenters. The first kappa shape index (κ1) is 14.2. The molecule has 0 unspecified atom stereocenters. The number of aliphatic hydroxyl groups excluding tert-OH is 2. The Hall–Kier alpha value is -1.74. The van der Waals surface area contributed by atoms with Crippen molar-refractivity contribution in [1.82, 2.24) is 14.5 Å². The highest BCUT2D eigenvalue weighted by Gasteiger charge is 2.59. The molecule has 21 heavy (non-hydrogen) atoms. The summed E-state index contributed by atoms with van der Waals surface area (Å²) in [5, 5.41) is 31.0. The van der Waals surface area contributed by atoms with Gasteiger partial charge in [-0.25, -0.2) is 9.97 Å². The van der Waals surface area contributed by atoms with Crippen LogP contribution in [0.15, 0.2) is 18.6 Å². The van der Waals surface area contributed by atoms with Crippen molar-refractivity contribution in [2.45, 2.75) is 37.4 Å². The Morgan fingerprint density at radius 1 is 1.43 bits per heavy atom. The fraction of sp³-hybridized carbons (Fsp3) is 0.538. The Bertz CT molecular complexity index is 686. The number of aromatic nitrogens is 3. The minimum absolute atomic E-state index is 0.321. The number of hydrogen-bond donors (Lipinski definition) is 4. The third-order valence-corrected chi connectivity index (χ3v) is 4.12. The Morgan fingerprint density at radius 2 is 2.14 bits per heavy atom. The van der Waals surface area contributed by atoms with Crippen LogP contribution in [-0.2, 0) is 4.74 Å². The highest BCUT2D eigenvalue weighted by atomic mass is 16.6. The quantitative estimate of drug-likeness (QED) is 0.582. The van der Waals surface area contributed by atoms with Gasteiger partial charge in [0.2, 0.25) is 0 Å². The van der Waals surface area contributed by atoms with Gasteiger partial charge in [-0.15, -0.1) is 0 Å². The molecule has 1 fully saturated rings.